The summed E-state index contributed by atoms with van der Waals surface area (Å²) in [6, 6.07) is 13.9. The average molecular weight is 418 g/mol. The second kappa shape index (κ2) is 10.0. The minimum atomic E-state index is -0.345. The van der Waals surface area contributed by atoms with Crippen molar-refractivity contribution in [1.82, 2.24) is 21.3 Å². The summed E-state index contributed by atoms with van der Waals surface area (Å²) in [5, 5.41) is 17.5. The average Bonchev–Trinajstić information content (AvgIpc) is 3.18. The molecule has 5 N–H and O–H groups in total. The van der Waals surface area contributed by atoms with E-state index in [4.69, 9.17) is 16.3 Å². The molecular weight excluding hydrogens is 394 g/mol. The van der Waals surface area contributed by atoms with E-state index in [9.17, 15) is 9.90 Å². The number of anilines is 1. The molecule has 2 aromatic carbocycles. The molecule has 154 valence electrons. The minimum absolute atomic E-state index is 0.0295. The van der Waals surface area contributed by atoms with Gasteiger partial charge >= 0.3 is 6.03 Å². The number of ether oxygens (including phenoxy) is 1. The number of nitrogens with zero attached hydrogens (tertiary/aromatic N) is 1. The van der Waals surface area contributed by atoms with Crippen LogP contribution in [0.4, 0.5) is 10.5 Å². The predicted octanol–water partition coefficient (Wildman–Crippen LogP) is 2.24. The van der Waals surface area contributed by atoms with Crippen LogP contribution in [0.25, 0.3) is 0 Å². The summed E-state index contributed by atoms with van der Waals surface area (Å²) in [7, 11) is 1.62. The zero-order valence-corrected chi connectivity index (χ0v) is 16.7. The number of urea groups is 1. The maximum absolute atomic E-state index is 12.6. The highest BCUT2D eigenvalue weighted by Gasteiger charge is 2.25. The number of carbonyl (C=O) groups excluding carboxylic acids is 1. The number of hydrogen-bond donors (Lipinski definition) is 5. The Bertz CT molecular complexity index is 842. The lowest BCUT2D eigenvalue weighted by Gasteiger charge is -2.27. The summed E-state index contributed by atoms with van der Waals surface area (Å²) < 4.78 is 5.21. The molecule has 9 heteroatoms. The van der Waals surface area contributed by atoms with E-state index in [1.165, 1.54) is 0 Å². The summed E-state index contributed by atoms with van der Waals surface area (Å²) in [5.74, 6) is 0.768. The number of amides is 2. The third-order valence-electron chi connectivity index (χ3n) is 4.42. The van der Waals surface area contributed by atoms with Crippen molar-refractivity contribution >= 4 is 23.3 Å². The molecule has 1 aliphatic rings. The molecule has 0 unspecified atom stereocenters. The van der Waals surface area contributed by atoms with Gasteiger partial charge in [0.2, 0.25) is 0 Å². The first kappa shape index (κ1) is 20.8. The zero-order valence-electron chi connectivity index (χ0n) is 16.0. The molecule has 0 fully saturated rings. The summed E-state index contributed by atoms with van der Waals surface area (Å²) in [4.78, 5) is 12.6. The van der Waals surface area contributed by atoms with Gasteiger partial charge in [-0.3, -0.25) is 5.01 Å². The van der Waals surface area contributed by atoms with Gasteiger partial charge in [-0.1, -0.05) is 23.7 Å². The number of halogens is 1. The maximum Gasteiger partial charge on any atom is 0.319 e. The van der Waals surface area contributed by atoms with Crippen LogP contribution in [0.15, 0.2) is 60.4 Å². The summed E-state index contributed by atoms with van der Waals surface area (Å²) >= 11 is 5.89. The number of hydrogen-bond acceptors (Lipinski definition) is 6. The quantitative estimate of drug-likeness (QED) is 0.452. The predicted molar refractivity (Wildman–Crippen MR) is 112 cm³/mol. The summed E-state index contributed by atoms with van der Waals surface area (Å²) in [6.07, 6.45) is 2.32. The van der Waals surface area contributed by atoms with Gasteiger partial charge in [-0.2, -0.15) is 0 Å². The lowest BCUT2D eigenvalue weighted by atomic mass is 10.0. The molecule has 8 nitrogen and oxygen atoms in total. The third-order valence-corrected chi connectivity index (χ3v) is 4.67. The molecule has 0 saturated heterocycles. The van der Waals surface area contributed by atoms with Gasteiger partial charge in [0.25, 0.3) is 0 Å². The van der Waals surface area contributed by atoms with E-state index in [0.29, 0.717) is 23.7 Å². The molecule has 0 saturated carbocycles. The van der Waals surface area contributed by atoms with Crippen molar-refractivity contribution < 1.29 is 14.6 Å². The topological polar surface area (TPSA) is 97.9 Å². The number of carbonyl (C=O) groups is 1. The number of rotatable bonds is 8. The lowest BCUT2D eigenvalue weighted by molar-refractivity contribution is 0.174. The Balaban J connectivity index is 1.74. The van der Waals surface area contributed by atoms with E-state index < -0.39 is 0 Å². The Morgan fingerprint density at radius 2 is 1.93 bits per heavy atom. The second-order valence-corrected chi connectivity index (χ2v) is 6.85. The van der Waals surface area contributed by atoms with E-state index >= 15 is 0 Å². The monoisotopic (exact) mass is 417 g/mol. The lowest BCUT2D eigenvalue weighted by Crippen LogP contribution is -2.47. The van der Waals surface area contributed by atoms with Crippen LogP contribution in [0.1, 0.15) is 5.56 Å². The molecule has 1 aliphatic heterocycles. The van der Waals surface area contributed by atoms with Gasteiger partial charge in [0.15, 0.2) is 0 Å². The van der Waals surface area contributed by atoms with Crippen molar-refractivity contribution in [2.75, 3.05) is 25.6 Å². The van der Waals surface area contributed by atoms with E-state index in [1.54, 1.807) is 42.6 Å². The first-order valence-electron chi connectivity index (χ1n) is 9.14. The Morgan fingerprint density at radius 1 is 1.21 bits per heavy atom. The summed E-state index contributed by atoms with van der Waals surface area (Å²) in [5.41, 5.74) is 8.33. The van der Waals surface area contributed by atoms with Crippen LogP contribution >= 0.6 is 11.6 Å². The van der Waals surface area contributed by atoms with Crippen LogP contribution < -0.4 is 26.3 Å². The molecule has 0 aromatic heterocycles. The Morgan fingerprint density at radius 3 is 2.59 bits per heavy atom. The van der Waals surface area contributed by atoms with Gasteiger partial charge in [-0.25, -0.2) is 4.79 Å². The van der Waals surface area contributed by atoms with Crippen LogP contribution in [0.3, 0.4) is 0 Å². The molecule has 1 heterocycles. The molecular formula is C20H24ClN5O3. The van der Waals surface area contributed by atoms with Crippen LogP contribution in [0.2, 0.25) is 5.02 Å². The van der Waals surface area contributed by atoms with Crippen molar-refractivity contribution in [3.63, 3.8) is 0 Å². The largest absolute Gasteiger partial charge is 0.497 e. The van der Waals surface area contributed by atoms with Gasteiger partial charge in [0.05, 0.1) is 32.0 Å². The molecule has 29 heavy (non-hydrogen) atoms. The Hall–Kier alpha value is -2.94. The second-order valence-electron chi connectivity index (χ2n) is 6.41. The molecule has 0 spiro atoms. The van der Waals surface area contributed by atoms with E-state index in [1.807, 2.05) is 24.3 Å². The Labute approximate surface area is 174 Å². The van der Waals surface area contributed by atoms with Gasteiger partial charge in [-0.05, 0) is 48.4 Å². The van der Waals surface area contributed by atoms with Gasteiger partial charge in [-0.15, -0.1) is 5.53 Å². The van der Waals surface area contributed by atoms with Gasteiger partial charge < -0.3 is 25.9 Å². The molecule has 0 aliphatic carbocycles. The first-order valence-corrected chi connectivity index (χ1v) is 9.52. The molecule has 1 atom stereocenters. The van der Waals surface area contributed by atoms with Crippen molar-refractivity contribution in [1.29, 1.82) is 0 Å². The molecule has 3 rings (SSSR count). The highest BCUT2D eigenvalue weighted by Crippen LogP contribution is 2.18. The molecule has 0 radical (unpaired) electrons. The fourth-order valence-electron chi connectivity index (χ4n) is 2.99. The van der Waals surface area contributed by atoms with E-state index in [0.717, 1.165) is 17.0 Å². The number of benzene rings is 2. The molecule has 2 aromatic rings. The highest BCUT2D eigenvalue weighted by molar-refractivity contribution is 6.30. The number of hydrazine groups is 2. The number of nitrogens with one attached hydrogen (secondary N) is 4. The molecule has 0 bridgehead atoms. The third kappa shape index (κ3) is 5.77. The van der Waals surface area contributed by atoms with Gasteiger partial charge in [0, 0.05) is 16.9 Å². The summed E-state index contributed by atoms with van der Waals surface area (Å²) in [6.45, 7) is 0.344. The van der Waals surface area contributed by atoms with Crippen molar-refractivity contribution in [2.45, 2.75) is 12.5 Å². The van der Waals surface area contributed by atoms with E-state index in [-0.39, 0.29) is 18.7 Å². The van der Waals surface area contributed by atoms with E-state index in [2.05, 4.69) is 21.6 Å². The van der Waals surface area contributed by atoms with Crippen LogP contribution in [0, 0.1) is 0 Å². The molecule has 2 amide bonds. The normalized spacial score (nSPS) is 14.0. The van der Waals surface area contributed by atoms with Crippen LogP contribution in [-0.2, 0) is 6.42 Å². The standard InChI is InChI=1S/C20H24ClN5O3/c1-29-17-8-2-14(3-9-17)12-18(19-13-22-25-26(19)10-11-27)24-20(28)23-16-6-4-15(21)5-7-16/h2-9,13,18,22,25,27H,10-12H2,1H3,(H2,23,24,28)/t18-/m0/s1. The SMILES string of the molecule is COc1ccc(C[C@H](NC(=O)Nc2ccc(Cl)cc2)C2=CNNN2CCO)cc1. The number of β-amino-alcohol motifs (C(OH)–C–C–N with tert-alkyl or cyclic N) is 1. The Kier molecular flexibility index (Phi) is 7.18. The highest BCUT2D eigenvalue weighted by atomic mass is 35.5. The van der Waals surface area contributed by atoms with Gasteiger partial charge in [0.1, 0.15) is 5.75 Å². The number of aliphatic hydroxyl groups excluding tert-OH is 1. The van der Waals surface area contributed by atoms with Crippen molar-refractivity contribution in [2.24, 2.45) is 0 Å². The van der Waals surface area contributed by atoms with Crippen molar-refractivity contribution in [3.05, 3.63) is 71.0 Å². The first-order chi connectivity index (χ1) is 14.1. The fraction of sp³-hybridized carbons (Fsp3) is 0.250. The number of methoxy groups -OCH3 is 1. The minimum Gasteiger partial charge on any atom is -0.497 e. The number of aliphatic hydroxyl groups is 1. The van der Waals surface area contributed by atoms with Crippen molar-refractivity contribution in [3.8, 4) is 5.75 Å². The maximum atomic E-state index is 12.6. The zero-order chi connectivity index (χ0) is 20.6. The smallest absolute Gasteiger partial charge is 0.319 e. The fourth-order valence-corrected chi connectivity index (χ4v) is 3.11. The van der Waals surface area contributed by atoms with Crippen LogP contribution in [-0.4, -0.2) is 42.4 Å². The van der Waals surface area contributed by atoms with Crippen LogP contribution in [0.5, 0.6) is 5.75 Å².